The van der Waals surface area contributed by atoms with E-state index in [1.807, 2.05) is 0 Å². The number of rotatable bonds is 26. The molecule has 0 radical (unpaired) electrons. The molecule has 0 aromatic rings. The number of nitrogens with one attached hydrogen (secondary N) is 1. The van der Waals surface area contributed by atoms with Gasteiger partial charge in [0.1, 0.15) is 0 Å². The van der Waals surface area contributed by atoms with E-state index in [4.69, 9.17) is 15.0 Å². The zero-order chi connectivity index (χ0) is 46.9. The van der Waals surface area contributed by atoms with Crippen molar-refractivity contribution in [2.75, 3.05) is 31.0 Å². The molecule has 1 saturated heterocycles. The summed E-state index contributed by atoms with van der Waals surface area (Å²) in [6.45, 7) is 20.8. The third-order valence-electron chi connectivity index (χ3n) is 17.4. The molecule has 364 valence electrons. The number of halogens is 7. The standard InChI is InChI=1S/C53H83I7N4/c1-36-44-39(22-10-15-29-55)49(3,4)43(62-44)35-42-38(21-9-14-28-54)50(5,25-12-17-31-57)46(61-42)37(2)45-40(23-11-16-30-56)52(7,27-20-34-60)53(8,64-45)48-41(24-19-33-59)51(6,47(36)63-48)26-13-18-32-58/h35,38-41,48,64H,9-34H2,1-8H3/b42-35-,44-36-,45-37-/t38-,39-,40-,41+,48?,50+,51-,52+,53+/m1/s1. The van der Waals surface area contributed by atoms with Crippen molar-refractivity contribution in [3.63, 3.8) is 0 Å². The minimum Gasteiger partial charge on any atom is -0.380 e. The maximum absolute atomic E-state index is 6.38. The second-order valence-corrected chi connectivity index (χ2v) is 29.1. The van der Waals surface area contributed by atoms with Crippen LogP contribution in [0.3, 0.4) is 0 Å². The van der Waals surface area contributed by atoms with Crippen LogP contribution in [0.25, 0.3) is 0 Å². The molecule has 5 rings (SSSR count). The summed E-state index contributed by atoms with van der Waals surface area (Å²) in [5.41, 5.74) is 10.8. The number of aliphatic imine (C=N–C) groups is 3. The monoisotopic (exact) mass is 1660 g/mol. The number of alkyl halides is 7. The van der Waals surface area contributed by atoms with Gasteiger partial charge in [-0.15, -0.1) is 0 Å². The van der Waals surface area contributed by atoms with Crippen LogP contribution in [-0.4, -0.2) is 59.7 Å². The van der Waals surface area contributed by atoms with Crippen LogP contribution in [0.15, 0.2) is 49.3 Å². The summed E-state index contributed by atoms with van der Waals surface area (Å²) in [7, 11) is 0. The first kappa shape index (κ1) is 58.0. The summed E-state index contributed by atoms with van der Waals surface area (Å²) in [6.07, 6.45) is 26.2. The summed E-state index contributed by atoms with van der Waals surface area (Å²) >= 11 is 18.3. The van der Waals surface area contributed by atoms with Crippen molar-refractivity contribution < 1.29 is 0 Å². The Morgan fingerprint density at radius 2 is 1.03 bits per heavy atom. The molecule has 0 aromatic carbocycles. The third-order valence-corrected chi connectivity index (χ3v) is 22.7. The fourth-order valence-corrected chi connectivity index (χ4v) is 16.9. The van der Waals surface area contributed by atoms with Gasteiger partial charge in [0.25, 0.3) is 0 Å². The molecule has 4 nitrogen and oxygen atoms in total. The minimum absolute atomic E-state index is 0.0126. The molecule has 1 unspecified atom stereocenters. The van der Waals surface area contributed by atoms with Crippen LogP contribution in [0, 0.1) is 45.3 Å². The van der Waals surface area contributed by atoms with Crippen LogP contribution in [-0.2, 0) is 0 Å². The van der Waals surface area contributed by atoms with Crippen LogP contribution in [0.5, 0.6) is 0 Å². The molecule has 9 atom stereocenters. The summed E-state index contributed by atoms with van der Waals surface area (Å²) in [4.78, 5) is 18.4. The fraction of sp³-hybridized carbons (Fsp3) is 0.830. The lowest BCUT2D eigenvalue weighted by atomic mass is 9.56. The van der Waals surface area contributed by atoms with Crippen LogP contribution in [0.2, 0.25) is 0 Å². The van der Waals surface area contributed by atoms with E-state index in [1.54, 1.807) is 0 Å². The molecule has 0 amide bonds. The Balaban J connectivity index is 1.94. The van der Waals surface area contributed by atoms with Crippen molar-refractivity contribution in [1.29, 1.82) is 0 Å². The molecule has 8 bridgehead atoms. The Hall–Kier alpha value is 3.14. The quantitative estimate of drug-likeness (QED) is 0.0524. The Bertz CT molecular complexity index is 1770. The number of nitrogens with zero attached hydrogens (tertiary/aromatic N) is 3. The zero-order valence-electron chi connectivity index (χ0n) is 40.8. The van der Waals surface area contributed by atoms with Gasteiger partial charge in [0.15, 0.2) is 0 Å². The van der Waals surface area contributed by atoms with Crippen LogP contribution in [0.4, 0.5) is 0 Å². The van der Waals surface area contributed by atoms with Crippen molar-refractivity contribution in [3.8, 4) is 0 Å². The smallest absolute Gasteiger partial charge is 0.0772 e. The Kier molecular flexibility index (Phi) is 23.9. The SMILES string of the molecule is C/C1=C2N=C(/C=C3N=C(/C(C)=C4\N[C@@](C)(C5N=C1[C@](C)(CCCCI)[C@H]5CCCI)[C@@](C)(CCCI)[C@@H]4CCCCI)[C@@](C)(CCCCI)[C@@H]\3CCCCI)C(C)(C)[C@@H]/2CCCCI. The van der Waals surface area contributed by atoms with E-state index >= 15 is 0 Å². The fourth-order valence-electron chi connectivity index (χ4n) is 13.4. The highest BCUT2D eigenvalue weighted by atomic mass is 127. The Labute approximate surface area is 488 Å². The first-order valence-corrected chi connectivity index (χ1v) is 35.8. The first-order chi connectivity index (χ1) is 30.6. The van der Waals surface area contributed by atoms with Crippen molar-refractivity contribution >= 4 is 175 Å². The van der Waals surface area contributed by atoms with E-state index < -0.39 is 0 Å². The van der Waals surface area contributed by atoms with E-state index in [2.05, 4.69) is 225 Å². The van der Waals surface area contributed by atoms with Gasteiger partial charge < -0.3 is 5.32 Å². The largest absolute Gasteiger partial charge is 0.380 e. The Morgan fingerprint density at radius 1 is 0.516 bits per heavy atom. The van der Waals surface area contributed by atoms with Gasteiger partial charge in [-0.3, -0.25) is 15.0 Å². The topological polar surface area (TPSA) is 49.1 Å². The lowest BCUT2D eigenvalue weighted by molar-refractivity contribution is 0.0533. The average Bonchev–Trinajstić information content (AvgIpc) is 3.88. The summed E-state index contributed by atoms with van der Waals surface area (Å²) in [5.74, 6) is 1.67. The van der Waals surface area contributed by atoms with Gasteiger partial charge in [-0.2, -0.15) is 0 Å². The summed E-state index contributed by atoms with van der Waals surface area (Å²) in [6, 6.07) is 0.179. The third kappa shape index (κ3) is 12.0. The van der Waals surface area contributed by atoms with Crippen molar-refractivity contribution in [1.82, 2.24) is 5.32 Å². The number of hydrogen-bond acceptors (Lipinski definition) is 4. The van der Waals surface area contributed by atoms with Gasteiger partial charge in [-0.05, 0) is 165 Å². The number of allylic oxidation sites excluding steroid dienone is 6. The first-order valence-electron chi connectivity index (χ1n) is 25.2. The van der Waals surface area contributed by atoms with Gasteiger partial charge in [0, 0.05) is 67.9 Å². The van der Waals surface area contributed by atoms with E-state index in [0.717, 1.165) is 0 Å². The second kappa shape index (κ2) is 26.4. The van der Waals surface area contributed by atoms with Crippen molar-refractivity contribution in [2.24, 2.45) is 60.3 Å². The average molecular weight is 1660 g/mol. The molecule has 5 heterocycles. The highest BCUT2D eigenvalue weighted by Gasteiger charge is 2.65. The summed E-state index contributed by atoms with van der Waals surface area (Å²) in [5, 5.41) is 4.68. The van der Waals surface area contributed by atoms with Gasteiger partial charge in [0.2, 0.25) is 0 Å². The molecule has 1 N–H and O–H groups in total. The van der Waals surface area contributed by atoms with E-state index in [9.17, 15) is 0 Å². The van der Waals surface area contributed by atoms with Crippen LogP contribution in [0.1, 0.15) is 177 Å². The molecule has 1 fully saturated rings. The maximum atomic E-state index is 6.38. The van der Waals surface area contributed by atoms with Gasteiger partial charge >= 0.3 is 0 Å². The molecule has 64 heavy (non-hydrogen) atoms. The molecule has 0 saturated carbocycles. The van der Waals surface area contributed by atoms with E-state index in [-0.39, 0.29) is 33.2 Å². The lowest BCUT2D eigenvalue weighted by Crippen LogP contribution is -2.59. The summed E-state index contributed by atoms with van der Waals surface area (Å²) < 4.78 is 8.49. The van der Waals surface area contributed by atoms with Crippen LogP contribution >= 0.6 is 158 Å². The molecule has 0 aromatic heterocycles. The predicted molar refractivity (Wildman–Crippen MR) is 343 cm³/mol. The predicted octanol–water partition coefficient (Wildman–Crippen LogP) is 18.5. The molecule has 5 aliphatic heterocycles. The number of fused-ring (bicyclic) bond motifs is 6. The normalized spacial score (nSPS) is 36.3. The van der Waals surface area contributed by atoms with Crippen LogP contribution < -0.4 is 5.32 Å². The van der Waals surface area contributed by atoms with E-state index in [0.29, 0.717) is 23.7 Å². The van der Waals surface area contributed by atoms with E-state index in [1.165, 1.54) is 198 Å². The molecule has 0 aliphatic carbocycles. The second-order valence-electron chi connectivity index (χ2n) is 21.5. The molecular formula is C53H83I7N4. The van der Waals surface area contributed by atoms with Crippen molar-refractivity contribution in [3.05, 3.63) is 34.3 Å². The van der Waals surface area contributed by atoms with Crippen molar-refractivity contribution in [2.45, 2.75) is 189 Å². The maximum Gasteiger partial charge on any atom is 0.0772 e. The van der Waals surface area contributed by atoms with Gasteiger partial charge in [-0.25, -0.2) is 0 Å². The molecule has 11 heteroatoms. The molecule has 5 aliphatic rings. The Morgan fingerprint density at radius 3 is 1.59 bits per heavy atom. The highest BCUT2D eigenvalue weighted by molar-refractivity contribution is 14.1. The minimum atomic E-state index is -0.212. The number of hydrogen-bond donors (Lipinski definition) is 1. The molecule has 0 spiro atoms. The van der Waals surface area contributed by atoms with Gasteiger partial charge in [-0.1, -0.05) is 225 Å². The lowest BCUT2D eigenvalue weighted by Gasteiger charge is -2.49. The number of unbranched alkanes of at least 4 members (excludes halogenated alkanes) is 5. The van der Waals surface area contributed by atoms with Gasteiger partial charge in [0.05, 0.1) is 17.3 Å². The highest BCUT2D eigenvalue weighted by Crippen LogP contribution is 2.62. The molecular weight excluding hydrogens is 1580 g/mol. The zero-order valence-corrected chi connectivity index (χ0v) is 55.9.